The summed E-state index contributed by atoms with van der Waals surface area (Å²) < 4.78 is 11.4. The highest BCUT2D eigenvalue weighted by molar-refractivity contribution is 6.74. The van der Waals surface area contributed by atoms with Crippen molar-refractivity contribution in [3.8, 4) is 0 Å². The van der Waals surface area contributed by atoms with Crippen LogP contribution in [0.25, 0.3) is 0 Å². The Balaban J connectivity index is 1.98. The summed E-state index contributed by atoms with van der Waals surface area (Å²) in [5.74, 6) is -1.12. The standard InChI is InChI=1S/C19H30O5Si/c1-18(2,3)25(5,6)24-13-10-19(22,17(21)23-4)16(20)15-12-8-7-11(9-12)14(13)15/h7-8,11-15,22H,9-10H2,1-6H3/t11-,12+,13+,14+,15+,19+/m0/s1. The molecule has 0 aromatic carbocycles. The van der Waals surface area contributed by atoms with Gasteiger partial charge < -0.3 is 14.3 Å². The quantitative estimate of drug-likeness (QED) is 0.360. The molecule has 2 fully saturated rings. The summed E-state index contributed by atoms with van der Waals surface area (Å²) in [6, 6.07) is 0. The molecule has 3 rings (SSSR count). The lowest BCUT2D eigenvalue weighted by Crippen LogP contribution is -2.62. The van der Waals surface area contributed by atoms with Gasteiger partial charge in [-0.05, 0) is 36.4 Å². The zero-order valence-electron chi connectivity index (χ0n) is 16.0. The Morgan fingerprint density at radius 3 is 2.44 bits per heavy atom. The van der Waals surface area contributed by atoms with Crippen molar-refractivity contribution < 1.29 is 23.9 Å². The van der Waals surface area contributed by atoms with Crippen LogP contribution in [0.3, 0.4) is 0 Å². The minimum absolute atomic E-state index is 0.00322. The van der Waals surface area contributed by atoms with Gasteiger partial charge in [0.2, 0.25) is 5.60 Å². The molecule has 140 valence electrons. The number of aliphatic hydroxyl groups is 1. The van der Waals surface area contributed by atoms with E-state index in [0.29, 0.717) is 5.92 Å². The summed E-state index contributed by atoms with van der Waals surface area (Å²) in [6.45, 7) is 10.8. The SMILES string of the molecule is COC(=O)[C@@]1(O)C[C@@H](O[Si](C)(C)C(C)(C)C)[C@@H]2[C@H](C1=O)[C@@H]1C=C[C@H]2C1. The van der Waals surface area contributed by atoms with Gasteiger partial charge in [-0.15, -0.1) is 0 Å². The van der Waals surface area contributed by atoms with Gasteiger partial charge in [0.1, 0.15) is 0 Å². The van der Waals surface area contributed by atoms with Crippen molar-refractivity contribution in [2.75, 3.05) is 7.11 Å². The summed E-state index contributed by atoms with van der Waals surface area (Å²) >= 11 is 0. The van der Waals surface area contributed by atoms with Crippen LogP contribution in [0.2, 0.25) is 18.1 Å². The van der Waals surface area contributed by atoms with E-state index in [1.54, 1.807) is 0 Å². The van der Waals surface area contributed by atoms with Crippen molar-refractivity contribution in [3.05, 3.63) is 12.2 Å². The fourth-order valence-electron chi connectivity index (χ4n) is 4.57. The second-order valence-electron chi connectivity index (χ2n) is 9.39. The predicted octanol–water partition coefficient (Wildman–Crippen LogP) is 2.69. The minimum atomic E-state index is -2.11. The van der Waals surface area contributed by atoms with Crippen molar-refractivity contribution in [1.29, 1.82) is 0 Å². The maximum atomic E-state index is 13.0. The first-order chi connectivity index (χ1) is 11.4. The van der Waals surface area contributed by atoms with Crippen LogP contribution in [-0.2, 0) is 18.8 Å². The highest BCUT2D eigenvalue weighted by atomic mass is 28.4. The van der Waals surface area contributed by atoms with E-state index in [-0.39, 0.29) is 41.1 Å². The predicted molar refractivity (Wildman–Crippen MR) is 96.4 cm³/mol. The number of Topliss-reactive ketones (excluding diaryl/α,β-unsaturated/α-hetero) is 1. The van der Waals surface area contributed by atoms with Crippen LogP contribution in [0, 0.1) is 23.7 Å². The third-order valence-electron chi connectivity index (χ3n) is 6.93. The van der Waals surface area contributed by atoms with Crippen LogP contribution >= 0.6 is 0 Å². The van der Waals surface area contributed by atoms with Crippen LogP contribution < -0.4 is 0 Å². The summed E-state index contributed by atoms with van der Waals surface area (Å²) in [6.07, 6.45) is 4.87. The van der Waals surface area contributed by atoms with Gasteiger partial charge in [0.25, 0.3) is 0 Å². The Labute approximate surface area is 150 Å². The maximum Gasteiger partial charge on any atom is 0.345 e. The molecule has 6 atom stereocenters. The zero-order chi connectivity index (χ0) is 18.8. The lowest BCUT2D eigenvalue weighted by Gasteiger charge is -2.48. The lowest BCUT2D eigenvalue weighted by molar-refractivity contribution is -0.181. The molecule has 0 aromatic rings. The van der Waals surface area contributed by atoms with Gasteiger partial charge in [-0.1, -0.05) is 32.9 Å². The first-order valence-corrected chi connectivity index (χ1v) is 12.0. The van der Waals surface area contributed by atoms with Crippen LogP contribution in [-0.4, -0.2) is 44.0 Å². The number of allylic oxidation sites excluding steroid dienone is 2. The average Bonchev–Trinajstić information content (AvgIpc) is 3.11. The number of rotatable bonds is 3. The minimum Gasteiger partial charge on any atom is -0.467 e. The summed E-state index contributed by atoms with van der Waals surface area (Å²) in [4.78, 5) is 25.2. The van der Waals surface area contributed by atoms with Crippen LogP contribution in [0.1, 0.15) is 33.6 Å². The number of carbonyl (C=O) groups excluding carboxylic acids is 2. The third-order valence-corrected chi connectivity index (χ3v) is 11.4. The number of fused-ring (bicyclic) bond motifs is 5. The molecule has 6 heteroatoms. The fraction of sp³-hybridized carbons (Fsp3) is 0.789. The van der Waals surface area contributed by atoms with Crippen LogP contribution in [0.15, 0.2) is 12.2 Å². The highest BCUT2D eigenvalue weighted by Gasteiger charge is 2.64. The van der Waals surface area contributed by atoms with Crippen molar-refractivity contribution >= 4 is 20.1 Å². The molecule has 0 aliphatic heterocycles. The second-order valence-corrected chi connectivity index (χ2v) is 14.1. The topological polar surface area (TPSA) is 72.8 Å². The van der Waals surface area contributed by atoms with E-state index >= 15 is 0 Å². The maximum absolute atomic E-state index is 13.0. The van der Waals surface area contributed by atoms with Gasteiger partial charge in [-0.2, -0.15) is 0 Å². The highest BCUT2D eigenvalue weighted by Crippen LogP contribution is 2.56. The van der Waals surface area contributed by atoms with Gasteiger partial charge in [-0.25, -0.2) is 4.79 Å². The van der Waals surface area contributed by atoms with Gasteiger partial charge in [0.15, 0.2) is 14.1 Å². The average molecular weight is 367 g/mol. The number of carbonyl (C=O) groups is 2. The Kier molecular flexibility index (Phi) is 4.33. The van der Waals surface area contributed by atoms with Gasteiger partial charge in [0.05, 0.1) is 13.2 Å². The van der Waals surface area contributed by atoms with E-state index in [9.17, 15) is 14.7 Å². The molecule has 3 aliphatic rings. The summed E-state index contributed by atoms with van der Waals surface area (Å²) in [5, 5.41) is 11.0. The van der Waals surface area contributed by atoms with Gasteiger partial charge in [0, 0.05) is 18.3 Å². The molecular weight excluding hydrogens is 336 g/mol. The number of hydrogen-bond acceptors (Lipinski definition) is 5. The van der Waals surface area contributed by atoms with E-state index in [4.69, 9.17) is 9.16 Å². The molecule has 0 saturated heterocycles. The Morgan fingerprint density at radius 1 is 1.28 bits per heavy atom. The third kappa shape index (κ3) is 2.73. The molecule has 3 aliphatic carbocycles. The molecule has 1 N–H and O–H groups in total. The van der Waals surface area contributed by atoms with Gasteiger partial charge in [-0.3, -0.25) is 4.79 Å². The number of esters is 1. The van der Waals surface area contributed by atoms with E-state index in [2.05, 4.69) is 46.0 Å². The van der Waals surface area contributed by atoms with Crippen LogP contribution in [0.4, 0.5) is 0 Å². The van der Waals surface area contributed by atoms with E-state index in [1.165, 1.54) is 7.11 Å². The smallest absolute Gasteiger partial charge is 0.345 e. The Bertz CT molecular complexity index is 620. The molecule has 0 spiro atoms. The van der Waals surface area contributed by atoms with Crippen molar-refractivity contribution in [1.82, 2.24) is 0 Å². The van der Waals surface area contributed by atoms with E-state index in [1.807, 2.05) is 0 Å². The fourth-order valence-corrected chi connectivity index (χ4v) is 5.92. The van der Waals surface area contributed by atoms with Crippen molar-refractivity contribution in [3.63, 3.8) is 0 Å². The lowest BCUT2D eigenvalue weighted by atomic mass is 9.65. The number of hydrogen-bond donors (Lipinski definition) is 1. The van der Waals surface area contributed by atoms with Gasteiger partial charge >= 0.3 is 5.97 Å². The summed E-state index contributed by atoms with van der Waals surface area (Å²) in [5.41, 5.74) is -2.08. The number of methoxy groups -OCH3 is 1. The normalized spacial score (nSPS) is 40.3. The summed E-state index contributed by atoms with van der Waals surface area (Å²) in [7, 11) is -0.895. The largest absolute Gasteiger partial charge is 0.467 e. The molecule has 5 nitrogen and oxygen atoms in total. The zero-order valence-corrected chi connectivity index (χ0v) is 17.0. The Hall–Kier alpha value is -0.983. The monoisotopic (exact) mass is 366 g/mol. The molecule has 2 bridgehead atoms. The molecule has 0 unspecified atom stereocenters. The number of ether oxygens (including phenoxy) is 1. The molecule has 2 saturated carbocycles. The van der Waals surface area contributed by atoms with E-state index < -0.39 is 19.9 Å². The molecule has 0 aromatic heterocycles. The Morgan fingerprint density at radius 2 is 1.88 bits per heavy atom. The molecule has 0 radical (unpaired) electrons. The van der Waals surface area contributed by atoms with E-state index in [0.717, 1.165) is 6.42 Å². The number of ketones is 1. The molecular formula is C19H30O5Si. The van der Waals surface area contributed by atoms with Crippen molar-refractivity contribution in [2.45, 2.75) is 63.5 Å². The van der Waals surface area contributed by atoms with Crippen molar-refractivity contribution in [2.24, 2.45) is 23.7 Å². The second kappa shape index (κ2) is 5.76. The molecule has 25 heavy (non-hydrogen) atoms. The van der Waals surface area contributed by atoms with Crippen LogP contribution in [0.5, 0.6) is 0 Å². The molecule has 0 heterocycles. The first kappa shape index (κ1) is 18.8. The molecule has 0 amide bonds. The first-order valence-electron chi connectivity index (χ1n) is 9.13.